The molecule has 0 aliphatic heterocycles. The van der Waals surface area contributed by atoms with Crippen LogP contribution in [0.1, 0.15) is 43.1 Å². The van der Waals surface area contributed by atoms with Gasteiger partial charge in [-0.2, -0.15) is 0 Å². The van der Waals surface area contributed by atoms with E-state index in [1.807, 2.05) is 36.1 Å². The third-order valence-corrected chi connectivity index (χ3v) is 3.73. The molecule has 94 valence electrons. The van der Waals surface area contributed by atoms with E-state index in [1.54, 1.807) is 0 Å². The Bertz CT molecular complexity index is 361. The van der Waals surface area contributed by atoms with Gasteiger partial charge in [0.1, 0.15) is 0 Å². The van der Waals surface area contributed by atoms with E-state index in [0.717, 1.165) is 23.9 Å². The monoisotopic (exact) mass is 297 g/mol. The summed E-state index contributed by atoms with van der Waals surface area (Å²) in [7, 11) is 0. The number of halogens is 1. The van der Waals surface area contributed by atoms with Crippen molar-refractivity contribution in [3.05, 3.63) is 35.4 Å². The maximum atomic E-state index is 12.3. The average molecular weight is 298 g/mol. The Morgan fingerprint density at radius 1 is 1.29 bits per heavy atom. The van der Waals surface area contributed by atoms with Crippen molar-refractivity contribution in [2.45, 2.75) is 38.6 Å². The van der Waals surface area contributed by atoms with E-state index in [2.05, 4.69) is 29.8 Å². The lowest BCUT2D eigenvalue weighted by Gasteiger charge is -2.27. The third-order valence-electron chi connectivity index (χ3n) is 3.08. The molecular formula is C14H20BrNO. The third kappa shape index (κ3) is 3.56. The first kappa shape index (κ1) is 14.2. The molecule has 1 amide bonds. The van der Waals surface area contributed by atoms with Crippen LogP contribution >= 0.6 is 15.9 Å². The van der Waals surface area contributed by atoms with Gasteiger partial charge in [-0.15, -0.1) is 0 Å². The van der Waals surface area contributed by atoms with E-state index < -0.39 is 0 Å². The van der Waals surface area contributed by atoms with Crippen LogP contribution in [0.4, 0.5) is 0 Å². The molecule has 17 heavy (non-hydrogen) atoms. The minimum Gasteiger partial charge on any atom is -0.336 e. The Balaban J connectivity index is 2.86. The minimum absolute atomic E-state index is 0.128. The molecule has 2 nitrogen and oxygen atoms in total. The molecule has 1 atom stereocenters. The van der Waals surface area contributed by atoms with E-state index in [1.165, 1.54) is 5.56 Å². The molecule has 0 heterocycles. The SMILES string of the molecule is CCC(C)N(CC)C(=O)c1ccc(CBr)cc1. The zero-order chi connectivity index (χ0) is 12.8. The van der Waals surface area contributed by atoms with Crippen LogP contribution in [0.25, 0.3) is 0 Å². The van der Waals surface area contributed by atoms with Crippen molar-refractivity contribution in [3.63, 3.8) is 0 Å². The maximum absolute atomic E-state index is 12.3. The van der Waals surface area contributed by atoms with Crippen molar-refractivity contribution >= 4 is 21.8 Å². The van der Waals surface area contributed by atoms with Crippen molar-refractivity contribution in [1.29, 1.82) is 0 Å². The van der Waals surface area contributed by atoms with Crippen LogP contribution in [0.5, 0.6) is 0 Å². The average Bonchev–Trinajstić information content (AvgIpc) is 2.39. The zero-order valence-corrected chi connectivity index (χ0v) is 12.3. The number of alkyl halides is 1. The molecule has 0 aliphatic carbocycles. The summed E-state index contributed by atoms with van der Waals surface area (Å²) in [4.78, 5) is 14.2. The summed E-state index contributed by atoms with van der Waals surface area (Å²) in [5.74, 6) is 0.128. The molecule has 1 aromatic rings. The number of rotatable bonds is 5. The molecule has 1 rings (SSSR count). The topological polar surface area (TPSA) is 20.3 Å². The van der Waals surface area contributed by atoms with Crippen molar-refractivity contribution in [1.82, 2.24) is 4.90 Å². The van der Waals surface area contributed by atoms with Gasteiger partial charge in [0.05, 0.1) is 0 Å². The summed E-state index contributed by atoms with van der Waals surface area (Å²) in [6.07, 6.45) is 0.985. The van der Waals surface area contributed by atoms with Gasteiger partial charge in [0, 0.05) is 23.5 Å². The number of carbonyl (C=O) groups excluding carboxylic acids is 1. The molecule has 0 radical (unpaired) electrons. The molecule has 0 saturated heterocycles. The summed E-state index contributed by atoms with van der Waals surface area (Å²) in [6.45, 7) is 6.98. The summed E-state index contributed by atoms with van der Waals surface area (Å²) in [5.41, 5.74) is 1.96. The number of carbonyl (C=O) groups is 1. The van der Waals surface area contributed by atoms with Gasteiger partial charge in [-0.05, 0) is 38.0 Å². The van der Waals surface area contributed by atoms with Crippen LogP contribution in [-0.2, 0) is 5.33 Å². The highest BCUT2D eigenvalue weighted by Crippen LogP contribution is 2.13. The smallest absolute Gasteiger partial charge is 0.254 e. The lowest BCUT2D eigenvalue weighted by Crippen LogP contribution is -2.38. The molecule has 0 bridgehead atoms. The summed E-state index contributed by atoms with van der Waals surface area (Å²) in [6, 6.07) is 8.09. The van der Waals surface area contributed by atoms with Crippen molar-refractivity contribution in [2.24, 2.45) is 0 Å². The maximum Gasteiger partial charge on any atom is 0.254 e. The van der Waals surface area contributed by atoms with Crippen LogP contribution in [0.15, 0.2) is 24.3 Å². The predicted octanol–water partition coefficient (Wildman–Crippen LogP) is 3.84. The number of benzene rings is 1. The Kier molecular flexibility index (Phi) is 5.69. The Labute approximate surface area is 112 Å². The second-order valence-electron chi connectivity index (χ2n) is 4.18. The first-order chi connectivity index (χ1) is 8.13. The lowest BCUT2D eigenvalue weighted by atomic mass is 10.1. The molecule has 3 heteroatoms. The van der Waals surface area contributed by atoms with Gasteiger partial charge in [-0.25, -0.2) is 0 Å². The van der Waals surface area contributed by atoms with Gasteiger partial charge in [-0.3, -0.25) is 4.79 Å². The first-order valence-corrected chi connectivity index (χ1v) is 7.22. The van der Waals surface area contributed by atoms with Crippen molar-refractivity contribution in [2.75, 3.05) is 6.54 Å². The quantitative estimate of drug-likeness (QED) is 0.756. The van der Waals surface area contributed by atoms with E-state index in [0.29, 0.717) is 6.04 Å². The van der Waals surface area contributed by atoms with Gasteiger partial charge in [0.25, 0.3) is 5.91 Å². The highest BCUT2D eigenvalue weighted by Gasteiger charge is 2.18. The molecule has 0 saturated carbocycles. The van der Waals surface area contributed by atoms with Gasteiger partial charge >= 0.3 is 0 Å². The molecule has 0 aliphatic rings. The van der Waals surface area contributed by atoms with Crippen molar-refractivity contribution in [3.8, 4) is 0 Å². The summed E-state index contributed by atoms with van der Waals surface area (Å²) < 4.78 is 0. The largest absolute Gasteiger partial charge is 0.336 e. The number of nitrogens with zero attached hydrogens (tertiary/aromatic N) is 1. The number of hydrogen-bond donors (Lipinski definition) is 0. The normalized spacial score (nSPS) is 12.2. The molecule has 1 unspecified atom stereocenters. The number of hydrogen-bond acceptors (Lipinski definition) is 1. The van der Waals surface area contributed by atoms with E-state index in [4.69, 9.17) is 0 Å². The zero-order valence-electron chi connectivity index (χ0n) is 10.7. The molecule has 0 spiro atoms. The van der Waals surface area contributed by atoms with Gasteiger partial charge in [0.15, 0.2) is 0 Å². The Hall–Kier alpha value is -0.830. The summed E-state index contributed by atoms with van der Waals surface area (Å²) >= 11 is 3.40. The minimum atomic E-state index is 0.128. The number of amides is 1. The molecule has 0 aromatic heterocycles. The summed E-state index contributed by atoms with van der Waals surface area (Å²) in [5, 5.41) is 0.824. The lowest BCUT2D eigenvalue weighted by molar-refractivity contribution is 0.0700. The van der Waals surface area contributed by atoms with E-state index in [-0.39, 0.29) is 5.91 Å². The fourth-order valence-corrected chi connectivity index (χ4v) is 2.15. The van der Waals surface area contributed by atoms with Gasteiger partial charge in [0.2, 0.25) is 0 Å². The molecular weight excluding hydrogens is 278 g/mol. The van der Waals surface area contributed by atoms with Gasteiger partial charge in [-0.1, -0.05) is 35.0 Å². The fraction of sp³-hybridized carbons (Fsp3) is 0.500. The second-order valence-corrected chi connectivity index (χ2v) is 4.74. The molecule has 1 aromatic carbocycles. The van der Waals surface area contributed by atoms with E-state index in [9.17, 15) is 4.79 Å². The first-order valence-electron chi connectivity index (χ1n) is 6.09. The van der Waals surface area contributed by atoms with Crippen LogP contribution in [0, 0.1) is 0 Å². The predicted molar refractivity (Wildman–Crippen MR) is 75.5 cm³/mol. The molecule has 0 N–H and O–H groups in total. The van der Waals surface area contributed by atoms with Crippen LogP contribution in [0.2, 0.25) is 0 Å². The Morgan fingerprint density at radius 3 is 2.29 bits per heavy atom. The molecule has 0 fully saturated rings. The van der Waals surface area contributed by atoms with Crippen LogP contribution in [0.3, 0.4) is 0 Å². The van der Waals surface area contributed by atoms with E-state index >= 15 is 0 Å². The van der Waals surface area contributed by atoms with Crippen molar-refractivity contribution < 1.29 is 4.79 Å². The standard InChI is InChI=1S/C14H20BrNO/c1-4-11(3)16(5-2)14(17)13-8-6-12(10-15)7-9-13/h6-9,11H,4-5,10H2,1-3H3. The highest BCUT2D eigenvalue weighted by atomic mass is 79.9. The second kappa shape index (κ2) is 6.80. The highest BCUT2D eigenvalue weighted by molar-refractivity contribution is 9.08. The fourth-order valence-electron chi connectivity index (χ4n) is 1.78. The van der Waals surface area contributed by atoms with Crippen LogP contribution < -0.4 is 0 Å². The van der Waals surface area contributed by atoms with Gasteiger partial charge < -0.3 is 4.90 Å². The Morgan fingerprint density at radius 2 is 1.88 bits per heavy atom. The van der Waals surface area contributed by atoms with Crippen LogP contribution in [-0.4, -0.2) is 23.4 Å².